The Kier molecular flexibility index (Phi) is 5.31. The van der Waals surface area contributed by atoms with Gasteiger partial charge in [0, 0.05) is 41.2 Å². The number of thiophene rings is 1. The number of thioether (sulfide) groups is 1. The van der Waals surface area contributed by atoms with Crippen LogP contribution in [0.2, 0.25) is 0 Å². The first-order chi connectivity index (χ1) is 9.26. The third-order valence-electron chi connectivity index (χ3n) is 3.22. The van der Waals surface area contributed by atoms with Gasteiger partial charge in [0.25, 0.3) is 0 Å². The number of nitrogens with zero attached hydrogens (tertiary/aromatic N) is 1. The highest BCUT2D eigenvalue weighted by atomic mass is 32.2. The molecule has 0 aliphatic rings. The van der Waals surface area contributed by atoms with Crippen LogP contribution in [0.25, 0.3) is 0 Å². The first-order valence-corrected chi connectivity index (χ1v) is 8.46. The molecular formula is C15H20N2S2. The van der Waals surface area contributed by atoms with Gasteiger partial charge in [-0.2, -0.15) is 0 Å². The molecule has 0 fully saturated rings. The van der Waals surface area contributed by atoms with Crippen molar-refractivity contribution in [2.24, 2.45) is 5.73 Å². The summed E-state index contributed by atoms with van der Waals surface area (Å²) in [7, 11) is 2.15. The van der Waals surface area contributed by atoms with Gasteiger partial charge >= 0.3 is 0 Å². The fourth-order valence-corrected chi connectivity index (χ4v) is 3.51. The second-order valence-corrected chi connectivity index (χ2v) is 6.29. The first-order valence-electron chi connectivity index (χ1n) is 6.35. The smallest absolute Gasteiger partial charge is 0.0420 e. The third-order valence-corrected chi connectivity index (χ3v) is 4.98. The van der Waals surface area contributed by atoms with Crippen LogP contribution in [-0.2, 0) is 13.0 Å². The van der Waals surface area contributed by atoms with Crippen molar-refractivity contribution in [3.05, 3.63) is 46.2 Å². The summed E-state index contributed by atoms with van der Waals surface area (Å²) in [6, 6.07) is 10.7. The first kappa shape index (κ1) is 14.4. The molecule has 2 nitrogen and oxygen atoms in total. The van der Waals surface area contributed by atoms with E-state index in [4.69, 9.17) is 5.73 Å². The van der Waals surface area contributed by atoms with Gasteiger partial charge in [-0.3, -0.25) is 0 Å². The minimum atomic E-state index is 0.593. The van der Waals surface area contributed by atoms with Crippen LogP contribution in [0.1, 0.15) is 10.4 Å². The number of likely N-dealkylation sites (N-methyl/N-ethyl adjacent to an activating group) is 1. The molecule has 19 heavy (non-hydrogen) atoms. The minimum Gasteiger partial charge on any atom is -0.374 e. The van der Waals surface area contributed by atoms with Crippen molar-refractivity contribution >= 4 is 28.8 Å². The lowest BCUT2D eigenvalue weighted by Gasteiger charge is -2.23. The molecule has 102 valence electrons. The Hall–Kier alpha value is -0.970. The van der Waals surface area contributed by atoms with Gasteiger partial charge in [-0.25, -0.2) is 0 Å². The zero-order valence-electron chi connectivity index (χ0n) is 11.4. The maximum atomic E-state index is 5.92. The zero-order valence-corrected chi connectivity index (χ0v) is 13.1. The second-order valence-electron chi connectivity index (χ2n) is 4.41. The van der Waals surface area contributed by atoms with Gasteiger partial charge in [0.05, 0.1) is 0 Å². The fourth-order valence-electron chi connectivity index (χ4n) is 2.16. The highest BCUT2D eigenvalue weighted by Crippen LogP contribution is 2.29. The van der Waals surface area contributed by atoms with Crippen LogP contribution in [0, 0.1) is 0 Å². The Labute approximate surface area is 123 Å². The maximum Gasteiger partial charge on any atom is 0.0420 e. The minimum absolute atomic E-state index is 0.593. The Morgan fingerprint density at radius 1 is 1.26 bits per heavy atom. The van der Waals surface area contributed by atoms with E-state index in [9.17, 15) is 0 Å². The number of anilines is 1. The SMILES string of the molecule is CSc1cccc(N(C)CCc2cccs2)c1CN. The van der Waals surface area contributed by atoms with E-state index in [1.165, 1.54) is 21.0 Å². The van der Waals surface area contributed by atoms with E-state index in [0.717, 1.165) is 13.0 Å². The molecule has 0 atom stereocenters. The number of rotatable bonds is 6. The lowest BCUT2D eigenvalue weighted by atomic mass is 10.1. The highest BCUT2D eigenvalue weighted by molar-refractivity contribution is 7.98. The lowest BCUT2D eigenvalue weighted by Crippen LogP contribution is -2.22. The van der Waals surface area contributed by atoms with Crippen molar-refractivity contribution in [3.63, 3.8) is 0 Å². The molecule has 1 heterocycles. The third kappa shape index (κ3) is 3.53. The molecule has 2 aromatic rings. The lowest BCUT2D eigenvalue weighted by molar-refractivity contribution is 0.869. The van der Waals surface area contributed by atoms with Crippen LogP contribution in [0.4, 0.5) is 5.69 Å². The Balaban J connectivity index is 2.11. The van der Waals surface area contributed by atoms with Gasteiger partial charge in [0.15, 0.2) is 0 Å². The average molecular weight is 292 g/mol. The molecular weight excluding hydrogens is 272 g/mol. The van der Waals surface area contributed by atoms with Crippen molar-refractivity contribution < 1.29 is 0 Å². The Morgan fingerprint density at radius 3 is 2.74 bits per heavy atom. The molecule has 0 unspecified atom stereocenters. The maximum absolute atomic E-state index is 5.92. The number of hydrogen-bond donors (Lipinski definition) is 1. The van der Waals surface area contributed by atoms with E-state index >= 15 is 0 Å². The molecule has 4 heteroatoms. The summed E-state index contributed by atoms with van der Waals surface area (Å²) in [6.45, 7) is 1.61. The van der Waals surface area contributed by atoms with Crippen molar-refractivity contribution in [2.75, 3.05) is 24.7 Å². The summed E-state index contributed by atoms with van der Waals surface area (Å²) in [5.41, 5.74) is 8.43. The van der Waals surface area contributed by atoms with E-state index in [1.807, 2.05) is 11.3 Å². The molecule has 2 N–H and O–H groups in total. The summed E-state index contributed by atoms with van der Waals surface area (Å²) in [5, 5.41) is 2.13. The van der Waals surface area contributed by atoms with Gasteiger partial charge < -0.3 is 10.6 Å². The summed E-state index contributed by atoms with van der Waals surface area (Å²) < 4.78 is 0. The number of nitrogens with two attached hydrogens (primary N) is 1. The van der Waals surface area contributed by atoms with Crippen LogP contribution in [0.5, 0.6) is 0 Å². The van der Waals surface area contributed by atoms with Gasteiger partial charge in [0.2, 0.25) is 0 Å². The van der Waals surface area contributed by atoms with Crippen LogP contribution < -0.4 is 10.6 Å². The average Bonchev–Trinajstić information content (AvgIpc) is 2.97. The van der Waals surface area contributed by atoms with Crippen molar-refractivity contribution in [2.45, 2.75) is 17.9 Å². The molecule has 1 aromatic carbocycles. The van der Waals surface area contributed by atoms with Crippen molar-refractivity contribution in [3.8, 4) is 0 Å². The largest absolute Gasteiger partial charge is 0.374 e. The molecule has 0 bridgehead atoms. The molecule has 0 saturated heterocycles. The topological polar surface area (TPSA) is 29.3 Å². The zero-order chi connectivity index (χ0) is 13.7. The second kappa shape index (κ2) is 6.98. The van der Waals surface area contributed by atoms with E-state index in [1.54, 1.807) is 11.8 Å². The van der Waals surface area contributed by atoms with Gasteiger partial charge in [0.1, 0.15) is 0 Å². The van der Waals surface area contributed by atoms with Crippen LogP contribution in [-0.4, -0.2) is 19.8 Å². The quantitative estimate of drug-likeness (QED) is 0.825. The predicted octanol–water partition coefficient (Wildman–Crippen LogP) is 3.61. The van der Waals surface area contributed by atoms with Crippen LogP contribution in [0.15, 0.2) is 40.6 Å². The summed E-state index contributed by atoms with van der Waals surface area (Å²) in [5.74, 6) is 0. The molecule has 0 aliphatic carbocycles. The standard InChI is InChI=1S/C15H20N2S2/c1-17(9-8-12-5-4-10-19-12)14-6-3-7-15(18-2)13(14)11-16/h3-7,10H,8-9,11,16H2,1-2H3. The van der Waals surface area contributed by atoms with Gasteiger partial charge in [-0.05, 0) is 36.3 Å². The molecule has 0 aliphatic heterocycles. The molecule has 0 amide bonds. The van der Waals surface area contributed by atoms with Crippen LogP contribution in [0.3, 0.4) is 0 Å². The molecule has 2 rings (SSSR count). The Morgan fingerprint density at radius 2 is 2.11 bits per heavy atom. The Bertz CT molecular complexity index is 509. The van der Waals surface area contributed by atoms with E-state index in [0.29, 0.717) is 6.54 Å². The molecule has 0 radical (unpaired) electrons. The summed E-state index contributed by atoms with van der Waals surface area (Å²) in [4.78, 5) is 5.02. The fraction of sp³-hybridized carbons (Fsp3) is 0.333. The highest BCUT2D eigenvalue weighted by Gasteiger charge is 2.10. The van der Waals surface area contributed by atoms with Gasteiger partial charge in [-0.15, -0.1) is 23.1 Å². The van der Waals surface area contributed by atoms with E-state index in [-0.39, 0.29) is 0 Å². The normalized spacial score (nSPS) is 10.7. The summed E-state index contributed by atoms with van der Waals surface area (Å²) in [6.07, 6.45) is 3.19. The number of benzene rings is 1. The van der Waals surface area contributed by atoms with E-state index < -0.39 is 0 Å². The van der Waals surface area contributed by atoms with E-state index in [2.05, 4.69) is 53.9 Å². The molecule has 0 spiro atoms. The molecule has 0 saturated carbocycles. The van der Waals surface area contributed by atoms with Crippen LogP contribution >= 0.6 is 23.1 Å². The molecule has 1 aromatic heterocycles. The summed E-state index contributed by atoms with van der Waals surface area (Å²) >= 11 is 3.59. The van der Waals surface area contributed by atoms with Gasteiger partial charge in [-0.1, -0.05) is 12.1 Å². The monoisotopic (exact) mass is 292 g/mol. The predicted molar refractivity (Wildman–Crippen MR) is 87.4 cm³/mol. The van der Waals surface area contributed by atoms with Crippen molar-refractivity contribution in [1.82, 2.24) is 0 Å². The number of hydrogen-bond acceptors (Lipinski definition) is 4. The van der Waals surface area contributed by atoms with Crippen molar-refractivity contribution in [1.29, 1.82) is 0 Å².